The maximum Gasteiger partial charge on any atom is 0.321 e. The number of carbonyl (C=O) groups excluding carboxylic acids is 1. The summed E-state index contributed by atoms with van der Waals surface area (Å²) in [4.78, 5) is 13.9. The van der Waals surface area contributed by atoms with Crippen molar-refractivity contribution in [2.24, 2.45) is 16.8 Å². The number of halogens is 1. The molecule has 0 saturated carbocycles. The molecular formula is C14H21ClN4O2. The predicted molar refractivity (Wildman–Crippen MR) is 84.9 cm³/mol. The lowest BCUT2D eigenvalue weighted by molar-refractivity contribution is 0.206. The molecule has 1 aromatic rings. The Morgan fingerprint density at radius 3 is 2.71 bits per heavy atom. The summed E-state index contributed by atoms with van der Waals surface area (Å²) in [5.74, 6) is 0.392. The second-order valence-corrected chi connectivity index (χ2v) is 5.50. The highest BCUT2D eigenvalue weighted by atomic mass is 35.5. The first-order valence-corrected chi connectivity index (χ1v) is 7.08. The summed E-state index contributed by atoms with van der Waals surface area (Å²) < 4.78 is 0. The number of amidine groups is 1. The summed E-state index contributed by atoms with van der Waals surface area (Å²) in [5.41, 5.74) is 6.01. The van der Waals surface area contributed by atoms with Crippen LogP contribution in [0.15, 0.2) is 29.4 Å². The Morgan fingerprint density at radius 2 is 2.14 bits per heavy atom. The molecule has 1 aromatic carbocycles. The number of rotatable bonds is 6. The number of para-hydroxylation sites is 1. The number of hydrogen-bond acceptors (Lipinski definition) is 3. The Labute approximate surface area is 129 Å². The van der Waals surface area contributed by atoms with Crippen LogP contribution in [0.3, 0.4) is 0 Å². The molecule has 0 unspecified atom stereocenters. The molecule has 0 atom stereocenters. The third-order valence-corrected chi connectivity index (χ3v) is 3.08. The minimum atomic E-state index is -0.262. The van der Waals surface area contributed by atoms with Crippen LogP contribution < -0.4 is 11.1 Å². The van der Waals surface area contributed by atoms with E-state index in [1.807, 2.05) is 13.8 Å². The van der Waals surface area contributed by atoms with E-state index in [0.29, 0.717) is 36.1 Å². The summed E-state index contributed by atoms with van der Waals surface area (Å²) in [6.07, 6.45) is 0.305. The Balaban J connectivity index is 2.73. The average Bonchev–Trinajstić information content (AvgIpc) is 2.45. The van der Waals surface area contributed by atoms with Crippen LogP contribution in [0.4, 0.5) is 10.5 Å². The largest absolute Gasteiger partial charge is 0.409 e. The summed E-state index contributed by atoms with van der Waals surface area (Å²) >= 11 is 6.02. The molecule has 0 spiro atoms. The number of nitrogens with two attached hydrogens (primary N) is 1. The second-order valence-electron chi connectivity index (χ2n) is 5.09. The number of hydrogen-bond donors (Lipinski definition) is 3. The van der Waals surface area contributed by atoms with Gasteiger partial charge < -0.3 is 21.2 Å². The third-order valence-electron chi connectivity index (χ3n) is 2.75. The van der Waals surface area contributed by atoms with Gasteiger partial charge in [0.25, 0.3) is 0 Å². The van der Waals surface area contributed by atoms with Crippen LogP contribution in [-0.2, 0) is 0 Å². The molecule has 0 aliphatic carbocycles. The normalized spacial score (nSPS) is 11.5. The highest BCUT2D eigenvalue weighted by Crippen LogP contribution is 2.21. The van der Waals surface area contributed by atoms with E-state index in [1.165, 1.54) is 0 Å². The molecule has 0 radical (unpaired) electrons. The Hall–Kier alpha value is -1.95. The van der Waals surface area contributed by atoms with Crippen molar-refractivity contribution >= 4 is 29.2 Å². The SMILES string of the molecule is CC(C)CN(CCC(N)=NO)C(=O)Nc1ccccc1Cl. The van der Waals surface area contributed by atoms with Gasteiger partial charge in [0.2, 0.25) is 0 Å². The van der Waals surface area contributed by atoms with Crippen molar-refractivity contribution in [1.29, 1.82) is 0 Å². The molecular weight excluding hydrogens is 292 g/mol. The second kappa shape index (κ2) is 8.36. The van der Waals surface area contributed by atoms with Gasteiger partial charge in [0.1, 0.15) is 5.84 Å². The van der Waals surface area contributed by atoms with Gasteiger partial charge in [0.05, 0.1) is 10.7 Å². The fraction of sp³-hybridized carbons (Fsp3) is 0.429. The number of oxime groups is 1. The van der Waals surface area contributed by atoms with E-state index in [2.05, 4.69) is 10.5 Å². The van der Waals surface area contributed by atoms with Gasteiger partial charge in [0, 0.05) is 19.5 Å². The average molecular weight is 313 g/mol. The molecule has 116 valence electrons. The molecule has 2 amide bonds. The number of amides is 2. The highest BCUT2D eigenvalue weighted by Gasteiger charge is 2.16. The van der Waals surface area contributed by atoms with Crippen molar-refractivity contribution in [2.75, 3.05) is 18.4 Å². The first-order chi connectivity index (χ1) is 9.93. The number of carbonyl (C=O) groups is 1. The highest BCUT2D eigenvalue weighted by molar-refractivity contribution is 6.33. The van der Waals surface area contributed by atoms with Gasteiger partial charge in [-0.25, -0.2) is 4.79 Å². The predicted octanol–water partition coefficient (Wildman–Crippen LogP) is 2.97. The molecule has 0 bridgehead atoms. The van der Waals surface area contributed by atoms with Gasteiger partial charge in [0.15, 0.2) is 0 Å². The number of nitrogens with one attached hydrogen (secondary N) is 1. The molecule has 1 rings (SSSR count). The van der Waals surface area contributed by atoms with Gasteiger partial charge in [-0.3, -0.25) is 0 Å². The first-order valence-electron chi connectivity index (χ1n) is 6.71. The molecule has 0 aromatic heterocycles. The lowest BCUT2D eigenvalue weighted by Gasteiger charge is -2.25. The summed E-state index contributed by atoms with van der Waals surface area (Å²) in [7, 11) is 0. The smallest absolute Gasteiger partial charge is 0.321 e. The van der Waals surface area contributed by atoms with E-state index in [0.717, 1.165) is 0 Å². The van der Waals surface area contributed by atoms with E-state index in [9.17, 15) is 4.79 Å². The van der Waals surface area contributed by atoms with Crippen LogP contribution in [-0.4, -0.2) is 35.1 Å². The van der Waals surface area contributed by atoms with Gasteiger partial charge in [-0.2, -0.15) is 0 Å². The fourth-order valence-corrected chi connectivity index (χ4v) is 1.96. The van der Waals surface area contributed by atoms with Crippen LogP contribution in [0.5, 0.6) is 0 Å². The maximum atomic E-state index is 12.3. The molecule has 4 N–H and O–H groups in total. The molecule has 0 saturated heterocycles. The Morgan fingerprint density at radius 1 is 1.48 bits per heavy atom. The lowest BCUT2D eigenvalue weighted by Crippen LogP contribution is -2.39. The van der Waals surface area contributed by atoms with E-state index in [1.54, 1.807) is 29.2 Å². The zero-order chi connectivity index (χ0) is 15.8. The van der Waals surface area contributed by atoms with Crippen molar-refractivity contribution in [3.63, 3.8) is 0 Å². The number of nitrogens with zero attached hydrogens (tertiary/aromatic N) is 2. The van der Waals surface area contributed by atoms with Gasteiger partial charge >= 0.3 is 6.03 Å². The molecule has 21 heavy (non-hydrogen) atoms. The Bertz CT molecular complexity index is 506. The first kappa shape index (κ1) is 17.1. The topological polar surface area (TPSA) is 90.9 Å². The van der Waals surface area contributed by atoms with Gasteiger partial charge in [-0.05, 0) is 18.1 Å². The summed E-state index contributed by atoms with van der Waals surface area (Å²) in [6.45, 7) is 4.96. The van der Waals surface area contributed by atoms with Crippen LogP contribution in [0, 0.1) is 5.92 Å². The lowest BCUT2D eigenvalue weighted by atomic mass is 10.2. The Kier molecular flexibility index (Phi) is 6.81. The van der Waals surface area contributed by atoms with E-state index >= 15 is 0 Å². The molecule has 0 aliphatic rings. The monoisotopic (exact) mass is 312 g/mol. The van der Waals surface area contributed by atoms with E-state index in [4.69, 9.17) is 22.5 Å². The molecule has 6 nitrogen and oxygen atoms in total. The van der Waals surface area contributed by atoms with E-state index in [-0.39, 0.29) is 11.9 Å². The maximum absolute atomic E-state index is 12.3. The zero-order valence-electron chi connectivity index (χ0n) is 12.2. The zero-order valence-corrected chi connectivity index (χ0v) is 13.0. The van der Waals surface area contributed by atoms with Crippen molar-refractivity contribution in [3.8, 4) is 0 Å². The van der Waals surface area contributed by atoms with Crippen molar-refractivity contribution in [3.05, 3.63) is 29.3 Å². The molecule has 0 fully saturated rings. The van der Waals surface area contributed by atoms with Crippen LogP contribution in [0.1, 0.15) is 20.3 Å². The minimum Gasteiger partial charge on any atom is -0.409 e. The van der Waals surface area contributed by atoms with Crippen LogP contribution in [0.2, 0.25) is 5.02 Å². The molecule has 7 heteroatoms. The third kappa shape index (κ3) is 5.91. The van der Waals surface area contributed by atoms with Crippen molar-refractivity contribution in [1.82, 2.24) is 4.90 Å². The number of benzene rings is 1. The van der Waals surface area contributed by atoms with Crippen molar-refractivity contribution < 1.29 is 10.0 Å². The minimum absolute atomic E-state index is 0.0919. The quantitative estimate of drug-likeness (QED) is 0.326. The summed E-state index contributed by atoms with van der Waals surface area (Å²) in [6, 6.07) is 6.77. The number of anilines is 1. The summed E-state index contributed by atoms with van der Waals surface area (Å²) in [5, 5.41) is 14.7. The molecule has 0 aliphatic heterocycles. The molecule has 0 heterocycles. The van der Waals surface area contributed by atoms with Crippen LogP contribution in [0.25, 0.3) is 0 Å². The van der Waals surface area contributed by atoms with Crippen molar-refractivity contribution in [2.45, 2.75) is 20.3 Å². The fourth-order valence-electron chi connectivity index (χ4n) is 1.77. The van der Waals surface area contributed by atoms with Gasteiger partial charge in [-0.15, -0.1) is 0 Å². The number of urea groups is 1. The van der Waals surface area contributed by atoms with Gasteiger partial charge in [-0.1, -0.05) is 42.7 Å². The standard InChI is InChI=1S/C14H21ClN4O2/c1-10(2)9-19(8-7-13(16)18-21)14(20)17-12-6-4-3-5-11(12)15/h3-6,10,21H,7-9H2,1-2H3,(H2,16,18)(H,17,20). The van der Waals surface area contributed by atoms with Crippen LogP contribution >= 0.6 is 11.6 Å². The van der Waals surface area contributed by atoms with E-state index < -0.39 is 0 Å².